The summed E-state index contributed by atoms with van der Waals surface area (Å²) in [5, 5.41) is 45.1. The Bertz CT molecular complexity index is 1620. The van der Waals surface area contributed by atoms with E-state index in [-0.39, 0.29) is 35.7 Å². The number of hydrogen-bond acceptors (Lipinski definition) is 15. The van der Waals surface area contributed by atoms with Gasteiger partial charge in [-0.1, -0.05) is 25.7 Å². The lowest BCUT2D eigenvalue weighted by Gasteiger charge is -2.07. The molecule has 0 saturated heterocycles. The maximum atomic E-state index is 11.7. The van der Waals surface area contributed by atoms with Crippen LogP contribution in [-0.2, 0) is 9.59 Å². The van der Waals surface area contributed by atoms with Crippen LogP contribution < -0.4 is 20.1 Å². The number of rotatable bonds is 19. The average molecular weight is 756 g/mol. The van der Waals surface area contributed by atoms with Gasteiger partial charge in [0.05, 0.1) is 27.9 Å². The van der Waals surface area contributed by atoms with Crippen LogP contribution in [0.1, 0.15) is 52.8 Å². The van der Waals surface area contributed by atoms with Crippen molar-refractivity contribution in [2.24, 2.45) is 9.98 Å². The van der Waals surface area contributed by atoms with Crippen molar-refractivity contribution in [2.75, 3.05) is 26.2 Å². The number of nitrogens with zero attached hydrogens (tertiary/aromatic N) is 5. The number of ether oxygens (including phenoxy) is 2. The van der Waals surface area contributed by atoms with E-state index >= 15 is 0 Å². The Morgan fingerprint density at radius 1 is 0.574 bits per heavy atom. The van der Waals surface area contributed by atoms with Crippen molar-refractivity contribution in [1.82, 2.24) is 10.6 Å². The number of nitrogens with one attached hydrogen (secondary N) is 2. The van der Waals surface area contributed by atoms with Gasteiger partial charge < -0.3 is 25.2 Å². The Morgan fingerprint density at radius 2 is 0.889 bits per heavy atom. The summed E-state index contributed by atoms with van der Waals surface area (Å²) >= 11 is 0. The molecule has 0 heterocycles. The minimum Gasteiger partial charge on any atom is -0.508 e. The smallest absolute Gasteiger partial charge is 0.412 e. The molecule has 290 valence electrons. The summed E-state index contributed by atoms with van der Waals surface area (Å²) in [6.45, 7) is 1.92. The highest BCUT2D eigenvalue weighted by molar-refractivity contribution is 5.70. The van der Waals surface area contributed by atoms with E-state index in [9.17, 15) is 49.5 Å². The second-order valence-corrected chi connectivity index (χ2v) is 10.7. The largest absolute Gasteiger partial charge is 0.508 e. The van der Waals surface area contributed by atoms with Gasteiger partial charge in [-0.2, -0.15) is 0 Å². The van der Waals surface area contributed by atoms with Crippen molar-refractivity contribution in [2.45, 2.75) is 51.4 Å². The number of carbonyl (C=O) groups is 2. The molecule has 3 aromatic carbocycles. The van der Waals surface area contributed by atoms with Gasteiger partial charge in [0.2, 0.25) is 12.2 Å². The first-order chi connectivity index (χ1) is 26.0. The fraction of sp³-hybridized carbons (Fsp3) is 0.353. The molecule has 3 rings (SSSR count). The Kier molecular flexibility index (Phi) is 23.0. The molecule has 0 saturated carbocycles. The number of phenols is 1. The van der Waals surface area contributed by atoms with Crippen molar-refractivity contribution in [3.63, 3.8) is 0 Å². The van der Waals surface area contributed by atoms with Crippen molar-refractivity contribution in [3.05, 3.63) is 103 Å². The fourth-order valence-electron chi connectivity index (χ4n) is 3.94. The summed E-state index contributed by atoms with van der Waals surface area (Å²) < 4.78 is 10.0. The SMILES string of the molecule is O=C(NCCCCCCNC(=O)Oc1ccc([N+](=O)[O-])cc1)Oc1ccc([N+](=O)[O-])cc1.O=C=NCCCCCCN=C=O.O=[N+]([O-])c1ccc(O)cc1.[HH]. The van der Waals surface area contributed by atoms with Crippen LogP contribution in [-0.4, -0.2) is 70.4 Å². The third kappa shape index (κ3) is 21.9. The number of phenolic OH excluding ortho intramolecular Hbond substituents is 1. The zero-order chi connectivity index (χ0) is 40.0. The number of benzene rings is 3. The van der Waals surface area contributed by atoms with Gasteiger partial charge in [-0.05, 0) is 62.1 Å². The van der Waals surface area contributed by atoms with E-state index in [2.05, 4.69) is 20.6 Å². The van der Waals surface area contributed by atoms with E-state index < -0.39 is 27.0 Å². The number of hydrogen-bond donors (Lipinski definition) is 3. The molecular weight excluding hydrogens is 714 g/mol. The Balaban J connectivity index is 0.00000103. The van der Waals surface area contributed by atoms with Gasteiger partial charge in [-0.3, -0.25) is 30.3 Å². The standard InChI is InChI=1S/C20H22N4O8.C8H12N2O2.C6H5NO3.H2/c25-19(31-17-9-5-15(6-10-17)23(27)28)21-13-3-1-2-4-14-22-20(26)32-18-11-7-16(8-12-18)24(29)30;11-7-9-5-3-1-2-4-6-10-8-12;8-6-3-1-5(2-4-6)7(9)10;/h5-12H,1-4,13-14H2,(H,21,25)(H,22,26);1-6H2;1-4,8H;1H. The maximum absolute atomic E-state index is 11.7. The third-order valence-corrected chi connectivity index (χ3v) is 6.64. The Hall–Kier alpha value is -7.04. The highest BCUT2D eigenvalue weighted by Crippen LogP contribution is 2.18. The quantitative estimate of drug-likeness (QED) is 0.0377. The number of aliphatic imine (C=N–C) groups is 2. The van der Waals surface area contributed by atoms with Crippen LogP contribution in [0.3, 0.4) is 0 Å². The molecule has 54 heavy (non-hydrogen) atoms. The van der Waals surface area contributed by atoms with Gasteiger partial charge >= 0.3 is 12.2 Å². The minimum absolute atomic E-state index is 0. The van der Waals surface area contributed by atoms with Crippen LogP contribution in [0, 0.1) is 30.3 Å². The van der Waals surface area contributed by atoms with Gasteiger partial charge in [-0.15, -0.1) is 0 Å². The molecule has 0 bridgehead atoms. The molecule has 0 fully saturated rings. The molecule has 0 aromatic heterocycles. The molecule has 0 spiro atoms. The van der Waals surface area contributed by atoms with Crippen LogP contribution in [0.5, 0.6) is 17.2 Å². The van der Waals surface area contributed by atoms with E-state index in [1.54, 1.807) is 0 Å². The molecule has 0 radical (unpaired) electrons. The molecule has 0 aliphatic rings. The predicted octanol–water partition coefficient (Wildman–Crippen LogP) is 6.71. The summed E-state index contributed by atoms with van der Waals surface area (Å²) in [5.41, 5.74) is -0.198. The summed E-state index contributed by atoms with van der Waals surface area (Å²) in [6, 6.07) is 15.4. The predicted molar refractivity (Wildman–Crippen MR) is 194 cm³/mol. The summed E-state index contributed by atoms with van der Waals surface area (Å²) in [7, 11) is 0. The number of carbonyl (C=O) groups excluding carboxylic acids is 4. The summed E-state index contributed by atoms with van der Waals surface area (Å²) in [4.78, 5) is 79.1. The second kappa shape index (κ2) is 27.7. The van der Waals surface area contributed by atoms with Crippen LogP contribution in [0.25, 0.3) is 0 Å². The Labute approximate surface area is 309 Å². The number of isocyanates is 2. The van der Waals surface area contributed by atoms with E-state index in [0.29, 0.717) is 39.0 Å². The first-order valence-corrected chi connectivity index (χ1v) is 16.4. The highest BCUT2D eigenvalue weighted by Gasteiger charge is 2.09. The highest BCUT2D eigenvalue weighted by atomic mass is 16.6. The van der Waals surface area contributed by atoms with Crippen LogP contribution >= 0.6 is 0 Å². The molecular formula is C34H41N7O13. The van der Waals surface area contributed by atoms with Gasteiger partial charge in [0.1, 0.15) is 17.2 Å². The molecule has 20 nitrogen and oxygen atoms in total. The van der Waals surface area contributed by atoms with Gasteiger partial charge in [0.15, 0.2) is 0 Å². The van der Waals surface area contributed by atoms with Gasteiger partial charge in [0.25, 0.3) is 17.1 Å². The topological polar surface area (TPSA) is 285 Å². The van der Waals surface area contributed by atoms with Gasteiger partial charge in [0, 0.05) is 50.9 Å². The minimum atomic E-state index is -0.644. The first-order valence-electron chi connectivity index (χ1n) is 16.4. The number of unbranched alkanes of at least 4 members (excludes halogenated alkanes) is 6. The fourth-order valence-corrected chi connectivity index (χ4v) is 3.94. The Morgan fingerprint density at radius 3 is 1.20 bits per heavy atom. The number of aromatic hydroxyl groups is 1. The van der Waals surface area contributed by atoms with E-state index in [1.807, 2.05) is 0 Å². The maximum Gasteiger partial charge on any atom is 0.412 e. The number of amides is 2. The number of nitro benzene ring substituents is 3. The van der Waals surface area contributed by atoms with Gasteiger partial charge in [-0.25, -0.2) is 29.2 Å². The molecule has 0 aliphatic carbocycles. The van der Waals surface area contributed by atoms with Crippen molar-refractivity contribution in [3.8, 4) is 17.2 Å². The normalized spacial score (nSPS) is 9.56. The lowest BCUT2D eigenvalue weighted by Crippen LogP contribution is -2.28. The molecule has 0 atom stereocenters. The second-order valence-electron chi connectivity index (χ2n) is 10.7. The first kappa shape index (κ1) is 45.0. The lowest BCUT2D eigenvalue weighted by atomic mass is 10.2. The van der Waals surface area contributed by atoms with E-state index in [1.165, 1.54) is 85.0 Å². The number of nitro groups is 3. The summed E-state index contributed by atoms with van der Waals surface area (Å²) in [6.07, 6.45) is 8.57. The molecule has 3 N–H and O–H groups in total. The molecule has 2 amide bonds. The molecule has 3 aromatic rings. The molecule has 0 unspecified atom stereocenters. The van der Waals surface area contributed by atoms with Crippen LogP contribution in [0.2, 0.25) is 0 Å². The third-order valence-electron chi connectivity index (χ3n) is 6.64. The summed E-state index contributed by atoms with van der Waals surface area (Å²) in [5.74, 6) is 0.449. The lowest BCUT2D eigenvalue weighted by molar-refractivity contribution is -0.385. The van der Waals surface area contributed by atoms with Crippen LogP contribution in [0.4, 0.5) is 26.7 Å². The van der Waals surface area contributed by atoms with Crippen molar-refractivity contribution >= 4 is 41.4 Å². The average Bonchev–Trinajstić information content (AvgIpc) is 3.15. The van der Waals surface area contributed by atoms with Crippen molar-refractivity contribution < 1.29 is 50.0 Å². The van der Waals surface area contributed by atoms with E-state index in [0.717, 1.165) is 38.5 Å². The monoisotopic (exact) mass is 755 g/mol. The van der Waals surface area contributed by atoms with Crippen LogP contribution in [0.15, 0.2) is 82.8 Å². The van der Waals surface area contributed by atoms with E-state index in [4.69, 9.17) is 14.6 Å². The van der Waals surface area contributed by atoms with Crippen molar-refractivity contribution in [1.29, 1.82) is 0 Å². The molecule has 0 aliphatic heterocycles. The molecule has 20 heteroatoms. The zero-order valence-electron chi connectivity index (χ0n) is 29.0. The number of non-ortho nitro benzene ring substituents is 3. The zero-order valence-corrected chi connectivity index (χ0v) is 29.0.